The van der Waals surface area contributed by atoms with Gasteiger partial charge < -0.3 is 21.4 Å². The van der Waals surface area contributed by atoms with E-state index in [1.165, 1.54) is 12.1 Å². The predicted octanol–water partition coefficient (Wildman–Crippen LogP) is 4.50. The number of nitrogens with two attached hydrogens (primary N) is 1. The van der Waals surface area contributed by atoms with Gasteiger partial charge in [0.2, 0.25) is 0 Å². The summed E-state index contributed by atoms with van der Waals surface area (Å²) >= 11 is 0. The molecule has 1 aliphatic rings. The molecule has 162 valence electrons. The van der Waals surface area contributed by atoms with E-state index in [1.54, 1.807) is 12.3 Å². The Bertz CT molecular complexity index is 1410. The fourth-order valence-electron chi connectivity index (χ4n) is 3.75. The number of H-pyrrole nitrogens is 1. The lowest BCUT2D eigenvalue weighted by atomic mass is 9.99. The number of anilines is 3. The molecule has 2 heterocycles. The second-order valence-corrected chi connectivity index (χ2v) is 7.43. The van der Waals surface area contributed by atoms with Crippen LogP contribution in [0.15, 0.2) is 79.0 Å². The van der Waals surface area contributed by atoms with Crippen molar-refractivity contribution in [3.05, 3.63) is 100 Å². The van der Waals surface area contributed by atoms with Gasteiger partial charge in [0.05, 0.1) is 21.9 Å². The Hall–Kier alpha value is -4.92. The SMILES string of the molecule is Nc1nc(-c2ccc(NC(=C3C(=O)Nc4ccc([N+](=O)[O-])cc43)c3ccccc3)cc2)c[nH]1. The Morgan fingerprint density at radius 3 is 2.45 bits per heavy atom. The van der Waals surface area contributed by atoms with Crippen LogP contribution in [0.3, 0.4) is 0 Å². The number of nitrogen functional groups attached to an aromatic ring is 1. The summed E-state index contributed by atoms with van der Waals surface area (Å²) < 4.78 is 0. The van der Waals surface area contributed by atoms with Crippen molar-refractivity contribution in [1.29, 1.82) is 0 Å². The summed E-state index contributed by atoms with van der Waals surface area (Å²) in [5.74, 6) is 0.00349. The number of hydrogen-bond acceptors (Lipinski definition) is 6. The zero-order valence-electron chi connectivity index (χ0n) is 17.2. The molecule has 1 aromatic heterocycles. The molecule has 0 fully saturated rings. The van der Waals surface area contributed by atoms with Crippen molar-refractivity contribution in [3.63, 3.8) is 0 Å². The van der Waals surface area contributed by atoms with Crippen LogP contribution in [0, 0.1) is 10.1 Å². The summed E-state index contributed by atoms with van der Waals surface area (Å²) in [5.41, 5.74) is 10.6. The Morgan fingerprint density at radius 2 is 1.79 bits per heavy atom. The molecule has 4 aromatic rings. The number of amides is 1. The molecule has 0 unspecified atom stereocenters. The van der Waals surface area contributed by atoms with Crippen molar-refractivity contribution in [2.45, 2.75) is 0 Å². The van der Waals surface area contributed by atoms with Gasteiger partial charge in [-0.3, -0.25) is 14.9 Å². The second kappa shape index (κ2) is 7.97. The molecule has 0 saturated heterocycles. The normalized spacial score (nSPS) is 13.9. The molecule has 3 aromatic carbocycles. The van der Waals surface area contributed by atoms with Gasteiger partial charge in [-0.25, -0.2) is 4.98 Å². The predicted molar refractivity (Wildman–Crippen MR) is 127 cm³/mol. The lowest BCUT2D eigenvalue weighted by Gasteiger charge is -2.15. The molecular formula is C24H18N6O3. The van der Waals surface area contributed by atoms with Crippen molar-refractivity contribution >= 4 is 40.2 Å². The number of rotatable bonds is 5. The highest BCUT2D eigenvalue weighted by Crippen LogP contribution is 2.39. The van der Waals surface area contributed by atoms with E-state index in [2.05, 4.69) is 20.6 Å². The summed E-state index contributed by atoms with van der Waals surface area (Å²) in [4.78, 5) is 30.9. The quantitative estimate of drug-likeness (QED) is 0.206. The van der Waals surface area contributed by atoms with Crippen LogP contribution in [-0.2, 0) is 4.79 Å². The molecule has 33 heavy (non-hydrogen) atoms. The van der Waals surface area contributed by atoms with E-state index in [0.29, 0.717) is 28.5 Å². The minimum Gasteiger partial charge on any atom is -0.369 e. The number of nitrogens with one attached hydrogen (secondary N) is 3. The highest BCUT2D eigenvalue weighted by molar-refractivity contribution is 6.37. The summed E-state index contributed by atoms with van der Waals surface area (Å²) in [6.45, 7) is 0. The molecule has 0 saturated carbocycles. The van der Waals surface area contributed by atoms with Gasteiger partial charge >= 0.3 is 0 Å². The van der Waals surface area contributed by atoms with Gasteiger partial charge in [0.15, 0.2) is 5.95 Å². The number of nitro benzene ring substituents is 1. The number of imidazole rings is 1. The Morgan fingerprint density at radius 1 is 1.03 bits per heavy atom. The molecule has 5 N–H and O–H groups in total. The standard InChI is InChI=1S/C24H18N6O3/c25-24-26-13-20(29-24)14-6-8-16(9-7-14)27-22(15-4-2-1-3-5-15)21-18-12-17(30(32)33)10-11-19(18)28-23(21)31/h1-13,27H,(H,28,31)(H3,25,26,29). The van der Waals surface area contributed by atoms with E-state index in [9.17, 15) is 14.9 Å². The molecule has 0 aliphatic carbocycles. The topological polar surface area (TPSA) is 139 Å². The van der Waals surface area contributed by atoms with Crippen molar-refractivity contribution in [1.82, 2.24) is 9.97 Å². The first-order valence-electron chi connectivity index (χ1n) is 10.1. The van der Waals surface area contributed by atoms with Gasteiger partial charge in [-0.05, 0) is 23.8 Å². The maximum absolute atomic E-state index is 13.0. The fourth-order valence-corrected chi connectivity index (χ4v) is 3.75. The largest absolute Gasteiger partial charge is 0.369 e. The summed E-state index contributed by atoms with van der Waals surface area (Å²) in [6, 6.07) is 21.2. The molecule has 0 spiro atoms. The third-order valence-corrected chi connectivity index (χ3v) is 5.32. The average Bonchev–Trinajstić information content (AvgIpc) is 3.40. The van der Waals surface area contributed by atoms with E-state index in [0.717, 1.165) is 22.5 Å². The number of benzene rings is 3. The molecule has 5 rings (SSSR count). The first-order valence-corrected chi connectivity index (χ1v) is 10.1. The van der Waals surface area contributed by atoms with Crippen molar-refractivity contribution in [3.8, 4) is 11.3 Å². The minimum atomic E-state index is -0.475. The zero-order valence-corrected chi connectivity index (χ0v) is 17.2. The number of fused-ring (bicyclic) bond motifs is 1. The molecule has 0 bridgehead atoms. The molecule has 0 atom stereocenters. The molecule has 9 heteroatoms. The number of nitrogens with zero attached hydrogens (tertiary/aromatic N) is 2. The van der Waals surface area contributed by atoms with E-state index in [-0.39, 0.29) is 11.6 Å². The summed E-state index contributed by atoms with van der Waals surface area (Å²) in [5, 5.41) is 17.5. The van der Waals surface area contributed by atoms with Crippen LogP contribution < -0.4 is 16.4 Å². The lowest BCUT2D eigenvalue weighted by Crippen LogP contribution is -2.10. The van der Waals surface area contributed by atoms with E-state index in [1.807, 2.05) is 54.6 Å². The van der Waals surface area contributed by atoms with E-state index in [4.69, 9.17) is 5.73 Å². The van der Waals surface area contributed by atoms with Crippen molar-refractivity contribution in [2.24, 2.45) is 0 Å². The van der Waals surface area contributed by atoms with Crippen LogP contribution in [0.1, 0.15) is 11.1 Å². The number of carbonyl (C=O) groups is 1. The maximum Gasteiger partial charge on any atom is 0.270 e. The monoisotopic (exact) mass is 438 g/mol. The number of aromatic amines is 1. The van der Waals surface area contributed by atoms with Crippen LogP contribution >= 0.6 is 0 Å². The first kappa shape index (κ1) is 20.0. The number of non-ortho nitro benzene ring substituents is 1. The van der Waals surface area contributed by atoms with Crippen LogP contribution in [0.4, 0.5) is 23.0 Å². The summed E-state index contributed by atoms with van der Waals surface area (Å²) in [7, 11) is 0. The second-order valence-electron chi connectivity index (χ2n) is 7.43. The Labute approximate surface area is 188 Å². The first-order chi connectivity index (χ1) is 16.0. The molecule has 1 aliphatic heterocycles. The third kappa shape index (κ3) is 3.79. The molecule has 0 radical (unpaired) electrons. The fraction of sp³-hybridized carbons (Fsp3) is 0. The number of nitro groups is 1. The van der Waals surface area contributed by atoms with Crippen molar-refractivity contribution in [2.75, 3.05) is 16.4 Å². The third-order valence-electron chi connectivity index (χ3n) is 5.32. The highest BCUT2D eigenvalue weighted by atomic mass is 16.6. The average molecular weight is 438 g/mol. The van der Waals surface area contributed by atoms with Gasteiger partial charge in [0.25, 0.3) is 11.6 Å². The van der Waals surface area contributed by atoms with Crippen LogP contribution in [-0.4, -0.2) is 20.8 Å². The smallest absolute Gasteiger partial charge is 0.270 e. The van der Waals surface area contributed by atoms with Crippen LogP contribution in [0.5, 0.6) is 0 Å². The lowest BCUT2D eigenvalue weighted by molar-refractivity contribution is -0.384. The van der Waals surface area contributed by atoms with E-state index < -0.39 is 4.92 Å². The highest BCUT2D eigenvalue weighted by Gasteiger charge is 2.30. The molecule has 1 amide bonds. The number of hydrogen-bond donors (Lipinski definition) is 4. The maximum atomic E-state index is 13.0. The van der Waals surface area contributed by atoms with Gasteiger partial charge in [-0.15, -0.1) is 0 Å². The number of carbonyl (C=O) groups excluding carboxylic acids is 1. The Balaban J connectivity index is 1.60. The summed E-state index contributed by atoms with van der Waals surface area (Å²) in [6.07, 6.45) is 1.72. The van der Waals surface area contributed by atoms with Gasteiger partial charge in [-0.2, -0.15) is 0 Å². The van der Waals surface area contributed by atoms with Gasteiger partial charge in [0.1, 0.15) is 0 Å². The van der Waals surface area contributed by atoms with Crippen LogP contribution in [0.2, 0.25) is 0 Å². The Kier molecular flexibility index (Phi) is 4.83. The molecule has 9 nitrogen and oxygen atoms in total. The minimum absolute atomic E-state index is 0.0854. The molecular weight excluding hydrogens is 420 g/mol. The van der Waals surface area contributed by atoms with E-state index >= 15 is 0 Å². The zero-order chi connectivity index (χ0) is 22.9. The van der Waals surface area contributed by atoms with Gasteiger partial charge in [0, 0.05) is 40.8 Å². The van der Waals surface area contributed by atoms with Gasteiger partial charge in [-0.1, -0.05) is 42.5 Å². The number of aromatic nitrogens is 2. The van der Waals surface area contributed by atoms with Crippen molar-refractivity contribution < 1.29 is 9.72 Å². The van der Waals surface area contributed by atoms with Crippen LogP contribution in [0.25, 0.3) is 22.5 Å².